The second kappa shape index (κ2) is 5.53. The maximum atomic E-state index is 12.6. The number of rotatable bonds is 1. The highest BCUT2D eigenvalue weighted by molar-refractivity contribution is 8.00. The van der Waals surface area contributed by atoms with Crippen molar-refractivity contribution in [2.24, 2.45) is 0 Å². The average Bonchev–Trinajstić information content (AvgIpc) is 2.95. The molecular formula is C13H14N2O2S2. The van der Waals surface area contributed by atoms with E-state index in [0.29, 0.717) is 15.7 Å². The van der Waals surface area contributed by atoms with E-state index < -0.39 is 0 Å². The second-order valence-corrected chi connectivity index (χ2v) is 6.91. The van der Waals surface area contributed by atoms with Gasteiger partial charge in [0, 0.05) is 35.6 Å². The van der Waals surface area contributed by atoms with E-state index in [0.717, 1.165) is 31.9 Å². The number of hydrogen-bond acceptors (Lipinski definition) is 5. The Morgan fingerprint density at radius 1 is 1.58 bits per heavy atom. The van der Waals surface area contributed by atoms with Crippen LogP contribution in [0.15, 0.2) is 11.4 Å². The summed E-state index contributed by atoms with van der Waals surface area (Å²) in [6.07, 6.45) is 0.917. The van der Waals surface area contributed by atoms with Crippen molar-refractivity contribution < 1.29 is 9.53 Å². The lowest BCUT2D eigenvalue weighted by Gasteiger charge is -2.43. The van der Waals surface area contributed by atoms with Crippen LogP contribution in [0.5, 0.6) is 0 Å². The van der Waals surface area contributed by atoms with Gasteiger partial charge in [0.1, 0.15) is 6.07 Å². The quantitative estimate of drug-likeness (QED) is 0.794. The molecule has 2 saturated heterocycles. The summed E-state index contributed by atoms with van der Waals surface area (Å²) in [5.41, 5.74) is 0.572. The molecule has 1 aromatic rings. The standard InChI is InChI=1S/C13H14N2O2S2/c14-6-9-5-11(19-8-9)13(16)15-2-4-18-12-7-17-3-1-10(12)15/h5,8,10,12H,1-4,7H2. The van der Waals surface area contributed by atoms with Crippen molar-refractivity contribution in [3.8, 4) is 6.07 Å². The van der Waals surface area contributed by atoms with E-state index in [4.69, 9.17) is 10.00 Å². The molecule has 0 aromatic carbocycles. The maximum absolute atomic E-state index is 12.6. The summed E-state index contributed by atoms with van der Waals surface area (Å²) in [6, 6.07) is 4.06. The molecule has 1 amide bonds. The van der Waals surface area contributed by atoms with Crippen molar-refractivity contribution in [1.29, 1.82) is 5.26 Å². The number of nitriles is 1. The monoisotopic (exact) mass is 294 g/mol. The number of ether oxygens (including phenoxy) is 1. The van der Waals surface area contributed by atoms with E-state index in [1.807, 2.05) is 16.7 Å². The van der Waals surface area contributed by atoms with Crippen LogP contribution in [0.1, 0.15) is 21.7 Å². The largest absolute Gasteiger partial charge is 0.380 e. The van der Waals surface area contributed by atoms with Crippen LogP contribution in [0.2, 0.25) is 0 Å². The summed E-state index contributed by atoms with van der Waals surface area (Å²) < 4.78 is 5.49. The van der Waals surface area contributed by atoms with Gasteiger partial charge >= 0.3 is 0 Å². The van der Waals surface area contributed by atoms with Crippen molar-refractivity contribution in [2.75, 3.05) is 25.5 Å². The predicted molar refractivity (Wildman–Crippen MR) is 75.5 cm³/mol. The first kappa shape index (κ1) is 13.0. The second-order valence-electron chi connectivity index (χ2n) is 4.65. The maximum Gasteiger partial charge on any atom is 0.264 e. The van der Waals surface area contributed by atoms with Crippen LogP contribution in [0.25, 0.3) is 0 Å². The van der Waals surface area contributed by atoms with Crippen LogP contribution in [-0.4, -0.2) is 47.6 Å². The molecule has 0 saturated carbocycles. The van der Waals surface area contributed by atoms with Crippen molar-refractivity contribution in [1.82, 2.24) is 4.90 Å². The Balaban J connectivity index is 1.80. The third-order valence-corrected chi connectivity index (χ3v) is 5.75. The zero-order valence-corrected chi connectivity index (χ0v) is 12.0. The van der Waals surface area contributed by atoms with Crippen LogP contribution < -0.4 is 0 Å². The lowest BCUT2D eigenvalue weighted by Crippen LogP contribution is -2.54. The summed E-state index contributed by atoms with van der Waals surface area (Å²) in [5.74, 6) is 1.04. The number of nitrogens with zero attached hydrogens (tertiary/aromatic N) is 2. The molecule has 1 aromatic heterocycles. The molecule has 100 valence electrons. The molecule has 19 heavy (non-hydrogen) atoms. The third kappa shape index (κ3) is 2.50. The number of carbonyl (C=O) groups is 1. The van der Waals surface area contributed by atoms with Gasteiger partial charge in [0.2, 0.25) is 0 Å². The minimum absolute atomic E-state index is 0.0729. The molecule has 3 heterocycles. The third-order valence-electron chi connectivity index (χ3n) is 3.53. The smallest absolute Gasteiger partial charge is 0.264 e. The number of amides is 1. The first-order valence-electron chi connectivity index (χ1n) is 6.28. The van der Waals surface area contributed by atoms with Crippen LogP contribution in [0.4, 0.5) is 0 Å². The lowest BCUT2D eigenvalue weighted by atomic mass is 10.1. The minimum atomic E-state index is 0.0729. The molecule has 6 heteroatoms. The Hall–Kier alpha value is -1.03. The van der Waals surface area contributed by atoms with E-state index in [1.54, 1.807) is 11.4 Å². The van der Waals surface area contributed by atoms with Crippen molar-refractivity contribution in [3.05, 3.63) is 21.9 Å². The fourth-order valence-corrected chi connectivity index (χ4v) is 4.68. The Bertz CT molecular complexity index is 521. The van der Waals surface area contributed by atoms with E-state index in [-0.39, 0.29) is 11.9 Å². The molecule has 0 bridgehead atoms. The van der Waals surface area contributed by atoms with E-state index in [2.05, 4.69) is 6.07 Å². The Kier molecular flexibility index (Phi) is 3.78. The van der Waals surface area contributed by atoms with Gasteiger partial charge in [0.25, 0.3) is 5.91 Å². The van der Waals surface area contributed by atoms with Gasteiger partial charge in [0.15, 0.2) is 0 Å². The number of hydrogen-bond donors (Lipinski definition) is 0. The van der Waals surface area contributed by atoms with Crippen LogP contribution >= 0.6 is 23.1 Å². The molecule has 2 fully saturated rings. The van der Waals surface area contributed by atoms with Crippen molar-refractivity contribution >= 4 is 29.0 Å². The van der Waals surface area contributed by atoms with Gasteiger partial charge in [-0.3, -0.25) is 4.79 Å². The normalized spacial score (nSPS) is 26.6. The summed E-state index contributed by atoms with van der Waals surface area (Å²) in [4.78, 5) is 15.2. The van der Waals surface area contributed by atoms with Gasteiger partial charge in [-0.15, -0.1) is 11.3 Å². The van der Waals surface area contributed by atoms with Crippen LogP contribution in [0.3, 0.4) is 0 Å². The highest BCUT2D eigenvalue weighted by Gasteiger charge is 2.37. The molecule has 0 aliphatic carbocycles. The molecule has 4 nitrogen and oxygen atoms in total. The highest BCUT2D eigenvalue weighted by atomic mass is 32.2. The SMILES string of the molecule is N#Cc1csc(C(=O)N2CCSC3COCCC32)c1. The number of thioether (sulfide) groups is 1. The fourth-order valence-electron chi connectivity index (χ4n) is 2.59. The zero-order valence-electron chi connectivity index (χ0n) is 10.4. The summed E-state index contributed by atoms with van der Waals surface area (Å²) >= 11 is 3.27. The molecule has 2 unspecified atom stereocenters. The van der Waals surface area contributed by atoms with Crippen molar-refractivity contribution in [2.45, 2.75) is 17.7 Å². The van der Waals surface area contributed by atoms with Gasteiger partial charge in [-0.05, 0) is 12.5 Å². The Morgan fingerprint density at radius 3 is 3.26 bits per heavy atom. The van der Waals surface area contributed by atoms with Gasteiger partial charge in [-0.1, -0.05) is 0 Å². The topological polar surface area (TPSA) is 53.3 Å². The van der Waals surface area contributed by atoms with Crippen LogP contribution in [-0.2, 0) is 4.74 Å². The fraction of sp³-hybridized carbons (Fsp3) is 0.538. The first-order valence-corrected chi connectivity index (χ1v) is 8.21. The summed E-state index contributed by atoms with van der Waals surface area (Å²) in [5, 5.41) is 11.0. The Morgan fingerprint density at radius 2 is 2.47 bits per heavy atom. The van der Waals surface area contributed by atoms with E-state index in [9.17, 15) is 4.79 Å². The van der Waals surface area contributed by atoms with Gasteiger partial charge in [-0.25, -0.2) is 0 Å². The zero-order chi connectivity index (χ0) is 13.2. The first-order chi connectivity index (χ1) is 9.29. The van der Waals surface area contributed by atoms with Crippen LogP contribution in [0, 0.1) is 11.3 Å². The summed E-state index contributed by atoms with van der Waals surface area (Å²) in [7, 11) is 0. The number of fused-ring (bicyclic) bond motifs is 1. The predicted octanol–water partition coefficient (Wildman–Crippen LogP) is 1.97. The molecule has 3 rings (SSSR count). The number of thiophene rings is 1. The van der Waals surface area contributed by atoms with Gasteiger partial charge < -0.3 is 9.64 Å². The molecule has 0 N–H and O–H groups in total. The lowest BCUT2D eigenvalue weighted by molar-refractivity contribution is 0.0322. The highest BCUT2D eigenvalue weighted by Crippen LogP contribution is 2.31. The average molecular weight is 294 g/mol. The Labute approximate surface area is 120 Å². The molecule has 2 atom stereocenters. The molecule has 0 radical (unpaired) electrons. The molecule has 0 spiro atoms. The molecule has 2 aliphatic heterocycles. The molecular weight excluding hydrogens is 280 g/mol. The van der Waals surface area contributed by atoms with Crippen molar-refractivity contribution in [3.63, 3.8) is 0 Å². The molecule has 2 aliphatic rings. The summed E-state index contributed by atoms with van der Waals surface area (Å²) in [6.45, 7) is 2.27. The van der Waals surface area contributed by atoms with E-state index >= 15 is 0 Å². The number of carbonyl (C=O) groups excluding carboxylic acids is 1. The minimum Gasteiger partial charge on any atom is -0.380 e. The van der Waals surface area contributed by atoms with Gasteiger partial charge in [-0.2, -0.15) is 17.0 Å². The van der Waals surface area contributed by atoms with Gasteiger partial charge in [0.05, 0.1) is 17.0 Å². The van der Waals surface area contributed by atoms with E-state index in [1.165, 1.54) is 11.3 Å².